The number of pyridine rings is 1. The Balaban J connectivity index is 1.84. The number of aliphatic hydroxyl groups is 2. The third-order valence-electron chi connectivity index (χ3n) is 4.76. The van der Waals surface area contributed by atoms with E-state index in [0.717, 1.165) is 12.8 Å². The highest BCUT2D eigenvalue weighted by Gasteiger charge is 2.52. The van der Waals surface area contributed by atoms with Crippen LogP contribution in [0.15, 0.2) is 39.8 Å². The van der Waals surface area contributed by atoms with E-state index in [2.05, 4.69) is 4.98 Å². The third kappa shape index (κ3) is 2.17. The van der Waals surface area contributed by atoms with Crippen molar-refractivity contribution in [2.24, 2.45) is 0 Å². The van der Waals surface area contributed by atoms with Gasteiger partial charge in [-0.2, -0.15) is 0 Å². The van der Waals surface area contributed by atoms with Gasteiger partial charge in [-0.3, -0.25) is 4.98 Å². The summed E-state index contributed by atoms with van der Waals surface area (Å²) in [6.07, 6.45) is 4.17. The zero-order valence-electron chi connectivity index (χ0n) is 12.4. The predicted molar refractivity (Wildman–Crippen MR) is 81.0 cm³/mol. The monoisotopic (exact) mass is 315 g/mol. The van der Waals surface area contributed by atoms with Crippen molar-refractivity contribution in [2.45, 2.75) is 43.5 Å². The van der Waals surface area contributed by atoms with Crippen molar-refractivity contribution in [1.82, 2.24) is 4.98 Å². The summed E-state index contributed by atoms with van der Waals surface area (Å²) < 4.78 is 11.2. The summed E-state index contributed by atoms with van der Waals surface area (Å²) in [7, 11) is 0. The Morgan fingerprint density at radius 1 is 1.35 bits per heavy atom. The molecular formula is C17H17NO5. The summed E-state index contributed by atoms with van der Waals surface area (Å²) in [5, 5.41) is 21.3. The van der Waals surface area contributed by atoms with Crippen molar-refractivity contribution < 1.29 is 19.4 Å². The van der Waals surface area contributed by atoms with Crippen LogP contribution in [0.4, 0.5) is 0 Å². The molecule has 0 spiro atoms. The minimum Gasteiger partial charge on any atom is -0.486 e. The second-order valence-corrected chi connectivity index (χ2v) is 6.16. The normalized spacial score (nSPS) is 29.3. The lowest BCUT2D eigenvalue weighted by atomic mass is 9.74. The van der Waals surface area contributed by atoms with E-state index in [1.807, 2.05) is 0 Å². The molecule has 120 valence electrons. The van der Waals surface area contributed by atoms with Crippen molar-refractivity contribution in [3.05, 3.63) is 46.6 Å². The standard InChI is InChI=1S/C17H17NO5/c19-15-14-12(22-13-5-1-2-6-17(13,15)21)8-11(23-16(14)20)10-4-3-7-18-9-10/h3-4,7-9,13,15,19,21H,1-2,5-6H2/t13-,15+,17+/m0/s1. The van der Waals surface area contributed by atoms with Gasteiger partial charge in [0.05, 0.1) is 0 Å². The summed E-state index contributed by atoms with van der Waals surface area (Å²) in [5.41, 5.74) is -1.46. The maximum Gasteiger partial charge on any atom is 0.346 e. The number of ether oxygens (including phenoxy) is 1. The Hall–Kier alpha value is -2.18. The summed E-state index contributed by atoms with van der Waals surface area (Å²) in [6.45, 7) is 0. The minimum atomic E-state index is -1.42. The molecule has 2 aromatic rings. The smallest absolute Gasteiger partial charge is 0.346 e. The quantitative estimate of drug-likeness (QED) is 0.833. The van der Waals surface area contributed by atoms with Crippen LogP contribution >= 0.6 is 0 Å². The van der Waals surface area contributed by atoms with Crippen LogP contribution in [-0.4, -0.2) is 26.9 Å². The Morgan fingerprint density at radius 3 is 3.00 bits per heavy atom. The molecule has 0 radical (unpaired) electrons. The zero-order valence-corrected chi connectivity index (χ0v) is 12.4. The highest BCUT2D eigenvalue weighted by molar-refractivity contribution is 5.58. The van der Waals surface area contributed by atoms with E-state index in [-0.39, 0.29) is 11.3 Å². The molecule has 2 N–H and O–H groups in total. The molecule has 3 atom stereocenters. The van der Waals surface area contributed by atoms with E-state index in [9.17, 15) is 15.0 Å². The minimum absolute atomic E-state index is 0.00158. The number of hydrogen-bond acceptors (Lipinski definition) is 6. The van der Waals surface area contributed by atoms with Crippen LogP contribution in [0.2, 0.25) is 0 Å². The molecule has 0 amide bonds. The van der Waals surface area contributed by atoms with Crippen LogP contribution in [-0.2, 0) is 0 Å². The van der Waals surface area contributed by atoms with E-state index >= 15 is 0 Å². The molecule has 1 saturated carbocycles. The van der Waals surface area contributed by atoms with E-state index in [0.29, 0.717) is 24.2 Å². The lowest BCUT2D eigenvalue weighted by molar-refractivity contribution is -0.172. The molecule has 0 unspecified atom stereocenters. The second-order valence-electron chi connectivity index (χ2n) is 6.16. The fourth-order valence-corrected chi connectivity index (χ4v) is 3.50. The van der Waals surface area contributed by atoms with Crippen LogP contribution in [0.25, 0.3) is 11.3 Å². The van der Waals surface area contributed by atoms with Gasteiger partial charge in [0, 0.05) is 24.0 Å². The van der Waals surface area contributed by atoms with Gasteiger partial charge in [0.2, 0.25) is 0 Å². The van der Waals surface area contributed by atoms with Gasteiger partial charge in [-0.25, -0.2) is 4.79 Å². The van der Waals surface area contributed by atoms with Gasteiger partial charge in [0.1, 0.15) is 34.9 Å². The molecule has 1 aliphatic carbocycles. The predicted octanol–water partition coefficient (Wildman–Crippen LogP) is 1.80. The van der Waals surface area contributed by atoms with E-state index in [1.165, 1.54) is 0 Å². The van der Waals surface area contributed by atoms with Crippen LogP contribution in [0.3, 0.4) is 0 Å². The van der Waals surface area contributed by atoms with Crippen LogP contribution in [0.1, 0.15) is 37.4 Å². The second kappa shape index (κ2) is 5.18. The molecule has 0 aromatic carbocycles. The molecule has 1 aliphatic heterocycles. The number of aliphatic hydroxyl groups excluding tert-OH is 1. The molecule has 2 aliphatic rings. The molecule has 1 fully saturated rings. The molecular weight excluding hydrogens is 298 g/mol. The number of nitrogens with zero attached hydrogens (tertiary/aromatic N) is 1. The average Bonchev–Trinajstić information content (AvgIpc) is 2.56. The largest absolute Gasteiger partial charge is 0.486 e. The van der Waals surface area contributed by atoms with Gasteiger partial charge in [-0.15, -0.1) is 0 Å². The molecule has 6 heteroatoms. The van der Waals surface area contributed by atoms with Gasteiger partial charge in [-0.05, 0) is 31.4 Å². The highest BCUT2D eigenvalue weighted by Crippen LogP contribution is 2.46. The van der Waals surface area contributed by atoms with Crippen LogP contribution in [0, 0.1) is 0 Å². The number of rotatable bonds is 1. The fourth-order valence-electron chi connectivity index (χ4n) is 3.50. The van der Waals surface area contributed by atoms with Crippen molar-refractivity contribution >= 4 is 0 Å². The zero-order chi connectivity index (χ0) is 16.0. The molecule has 2 aromatic heterocycles. The summed E-state index contributed by atoms with van der Waals surface area (Å²) >= 11 is 0. The molecule has 23 heavy (non-hydrogen) atoms. The Labute approximate surface area is 132 Å². The lowest BCUT2D eigenvalue weighted by Crippen LogP contribution is -2.56. The van der Waals surface area contributed by atoms with Gasteiger partial charge < -0.3 is 19.4 Å². The summed E-state index contributed by atoms with van der Waals surface area (Å²) in [5.74, 6) is 0.611. The first-order chi connectivity index (χ1) is 11.1. The van der Waals surface area contributed by atoms with E-state index in [1.54, 1.807) is 30.6 Å². The number of fused-ring (bicyclic) bond motifs is 2. The first kappa shape index (κ1) is 14.4. The van der Waals surface area contributed by atoms with Crippen molar-refractivity contribution in [3.63, 3.8) is 0 Å². The Morgan fingerprint density at radius 2 is 2.22 bits per heavy atom. The van der Waals surface area contributed by atoms with Crippen molar-refractivity contribution in [1.29, 1.82) is 0 Å². The maximum atomic E-state index is 12.3. The summed E-state index contributed by atoms with van der Waals surface area (Å²) in [6, 6.07) is 5.10. The highest BCUT2D eigenvalue weighted by atomic mass is 16.5. The maximum absolute atomic E-state index is 12.3. The molecule has 4 rings (SSSR count). The molecule has 0 bridgehead atoms. The first-order valence-corrected chi connectivity index (χ1v) is 7.75. The average molecular weight is 315 g/mol. The van der Waals surface area contributed by atoms with Crippen LogP contribution in [0.5, 0.6) is 5.75 Å². The SMILES string of the molecule is O=c1oc(-c2cccnc2)cc2c1[C@@H](O)[C@@]1(O)CCCC[C@@H]1O2. The van der Waals surface area contributed by atoms with Gasteiger partial charge in [0.15, 0.2) is 0 Å². The topological polar surface area (TPSA) is 92.8 Å². The van der Waals surface area contributed by atoms with E-state index in [4.69, 9.17) is 9.15 Å². The Bertz CT molecular complexity index is 787. The van der Waals surface area contributed by atoms with E-state index < -0.39 is 23.4 Å². The first-order valence-electron chi connectivity index (χ1n) is 7.75. The molecule has 0 saturated heterocycles. The van der Waals surface area contributed by atoms with Crippen molar-refractivity contribution in [3.8, 4) is 17.1 Å². The molecule has 6 nitrogen and oxygen atoms in total. The summed E-state index contributed by atoms with van der Waals surface area (Å²) in [4.78, 5) is 16.3. The third-order valence-corrected chi connectivity index (χ3v) is 4.76. The number of hydrogen-bond donors (Lipinski definition) is 2. The van der Waals surface area contributed by atoms with Crippen LogP contribution < -0.4 is 10.4 Å². The van der Waals surface area contributed by atoms with Gasteiger partial charge in [0.25, 0.3) is 0 Å². The van der Waals surface area contributed by atoms with Gasteiger partial charge >= 0.3 is 5.63 Å². The van der Waals surface area contributed by atoms with Crippen molar-refractivity contribution in [2.75, 3.05) is 0 Å². The molecule has 3 heterocycles. The Kier molecular flexibility index (Phi) is 3.25. The van der Waals surface area contributed by atoms with Gasteiger partial charge in [-0.1, -0.05) is 6.42 Å². The lowest BCUT2D eigenvalue weighted by Gasteiger charge is -2.46. The number of aromatic nitrogens is 1. The fraction of sp³-hybridized carbons (Fsp3) is 0.412.